The first kappa shape index (κ1) is 18.4. The van der Waals surface area contributed by atoms with Crippen LogP contribution in [0.5, 0.6) is 0 Å². The van der Waals surface area contributed by atoms with Crippen molar-refractivity contribution >= 4 is 5.97 Å². The molecule has 1 aromatic rings. The molecule has 0 unspecified atom stereocenters. The fourth-order valence-electron chi connectivity index (χ4n) is 4.25. The van der Waals surface area contributed by atoms with Crippen molar-refractivity contribution in [1.82, 2.24) is 9.80 Å². The molecule has 0 aromatic heterocycles. The molecule has 0 amide bonds. The predicted molar refractivity (Wildman–Crippen MR) is 97.0 cm³/mol. The van der Waals surface area contributed by atoms with E-state index in [0.717, 1.165) is 32.6 Å². The average Bonchev–Trinajstić information content (AvgIpc) is 2.93. The Morgan fingerprint density at radius 1 is 1.20 bits per heavy atom. The Bertz CT molecular complexity index is 565. The van der Waals surface area contributed by atoms with E-state index in [-0.39, 0.29) is 17.9 Å². The summed E-state index contributed by atoms with van der Waals surface area (Å²) in [5, 5.41) is 10.5. The highest BCUT2D eigenvalue weighted by Gasteiger charge is 2.41. The maximum atomic E-state index is 11.8. The second-order valence-electron chi connectivity index (χ2n) is 7.46. The maximum Gasteiger partial charge on any atom is 0.308 e. The van der Waals surface area contributed by atoms with Crippen LogP contribution in [-0.4, -0.2) is 65.8 Å². The molecule has 138 valence electrons. The normalized spacial score (nSPS) is 31.6. The molecule has 0 radical (unpaired) electrons. The lowest BCUT2D eigenvalue weighted by atomic mass is 10.1. The van der Waals surface area contributed by atoms with Gasteiger partial charge in [0.25, 0.3) is 0 Å². The lowest BCUT2D eigenvalue weighted by molar-refractivity contribution is -0.145. The predicted octanol–water partition coefficient (Wildman–Crippen LogP) is 1.90. The Morgan fingerprint density at radius 2 is 1.96 bits per heavy atom. The fourth-order valence-corrected chi connectivity index (χ4v) is 4.25. The van der Waals surface area contributed by atoms with Gasteiger partial charge in [0.2, 0.25) is 0 Å². The molecule has 1 saturated carbocycles. The summed E-state index contributed by atoms with van der Waals surface area (Å²) < 4.78 is 4.87. The van der Waals surface area contributed by atoms with Crippen LogP contribution in [0.4, 0.5) is 0 Å². The van der Waals surface area contributed by atoms with Crippen molar-refractivity contribution in [2.45, 2.75) is 50.9 Å². The standard InChI is InChI=1S/C20H30N2O3/c1-15-8-9-21(18-12-17(13-19(18)23)20(24)25-2)10-11-22(15)14-16-6-4-3-5-7-16/h3-7,15,17-19,23H,8-14H2,1-2H3/t15-,17+,18-,19+/m1/s1. The molecule has 1 N–H and O–H groups in total. The zero-order chi connectivity index (χ0) is 17.8. The molecule has 5 nitrogen and oxygen atoms in total. The number of carbonyl (C=O) groups excluding carboxylic acids is 1. The zero-order valence-electron chi connectivity index (χ0n) is 15.3. The average molecular weight is 346 g/mol. The van der Waals surface area contributed by atoms with E-state index >= 15 is 0 Å². The highest BCUT2D eigenvalue weighted by Crippen LogP contribution is 2.31. The van der Waals surface area contributed by atoms with Gasteiger partial charge in [-0.05, 0) is 31.7 Å². The lowest BCUT2D eigenvalue weighted by Crippen LogP contribution is -2.42. The maximum absolute atomic E-state index is 11.8. The molecule has 3 rings (SSSR count). The van der Waals surface area contributed by atoms with E-state index < -0.39 is 6.10 Å². The van der Waals surface area contributed by atoms with Crippen LogP contribution >= 0.6 is 0 Å². The minimum atomic E-state index is -0.430. The van der Waals surface area contributed by atoms with Crippen molar-refractivity contribution in [1.29, 1.82) is 0 Å². The van der Waals surface area contributed by atoms with Gasteiger partial charge in [0, 0.05) is 38.3 Å². The summed E-state index contributed by atoms with van der Waals surface area (Å²) in [6.45, 7) is 6.15. The number of methoxy groups -OCH3 is 1. The van der Waals surface area contributed by atoms with Crippen molar-refractivity contribution in [3.63, 3.8) is 0 Å². The molecule has 1 heterocycles. The monoisotopic (exact) mass is 346 g/mol. The number of ether oxygens (including phenoxy) is 1. The first-order chi connectivity index (χ1) is 12.1. The summed E-state index contributed by atoms with van der Waals surface area (Å²) in [6.07, 6.45) is 1.89. The molecular formula is C20H30N2O3. The van der Waals surface area contributed by atoms with Gasteiger partial charge in [-0.25, -0.2) is 0 Å². The van der Waals surface area contributed by atoms with Gasteiger partial charge in [-0.3, -0.25) is 14.6 Å². The van der Waals surface area contributed by atoms with E-state index in [1.165, 1.54) is 12.7 Å². The van der Waals surface area contributed by atoms with Crippen molar-refractivity contribution < 1.29 is 14.6 Å². The molecule has 1 aliphatic carbocycles. The van der Waals surface area contributed by atoms with Crippen molar-refractivity contribution in [2.24, 2.45) is 5.92 Å². The van der Waals surface area contributed by atoms with E-state index in [0.29, 0.717) is 18.9 Å². The van der Waals surface area contributed by atoms with Crippen LogP contribution in [0.1, 0.15) is 31.7 Å². The Hall–Kier alpha value is -1.43. The summed E-state index contributed by atoms with van der Waals surface area (Å²) in [6, 6.07) is 11.2. The van der Waals surface area contributed by atoms with E-state index in [4.69, 9.17) is 4.74 Å². The fraction of sp³-hybridized carbons (Fsp3) is 0.650. The number of esters is 1. The summed E-state index contributed by atoms with van der Waals surface area (Å²) in [7, 11) is 1.43. The van der Waals surface area contributed by atoms with E-state index in [1.807, 2.05) is 0 Å². The number of nitrogens with zero attached hydrogens (tertiary/aromatic N) is 2. The van der Waals surface area contributed by atoms with E-state index in [9.17, 15) is 9.90 Å². The first-order valence-corrected chi connectivity index (χ1v) is 9.36. The van der Waals surface area contributed by atoms with E-state index in [2.05, 4.69) is 47.1 Å². The molecule has 1 saturated heterocycles. The number of carbonyl (C=O) groups is 1. The summed E-state index contributed by atoms with van der Waals surface area (Å²) >= 11 is 0. The Kier molecular flexibility index (Phi) is 6.10. The number of hydrogen-bond donors (Lipinski definition) is 1. The van der Waals surface area contributed by atoms with Crippen LogP contribution in [0, 0.1) is 5.92 Å². The number of aliphatic hydroxyl groups is 1. The Labute approximate surface area is 150 Å². The Balaban J connectivity index is 1.60. The molecule has 2 fully saturated rings. The molecule has 2 aliphatic rings. The number of hydrogen-bond acceptors (Lipinski definition) is 5. The molecule has 0 bridgehead atoms. The number of benzene rings is 1. The minimum absolute atomic E-state index is 0.0768. The largest absolute Gasteiger partial charge is 0.469 e. The summed E-state index contributed by atoms with van der Waals surface area (Å²) in [4.78, 5) is 16.7. The smallest absolute Gasteiger partial charge is 0.308 e. The molecule has 1 aliphatic heterocycles. The topological polar surface area (TPSA) is 53.0 Å². The highest BCUT2D eigenvalue weighted by atomic mass is 16.5. The van der Waals surface area contributed by atoms with Gasteiger partial charge in [-0.15, -0.1) is 0 Å². The quantitative estimate of drug-likeness (QED) is 0.844. The van der Waals surface area contributed by atoms with E-state index in [1.54, 1.807) is 0 Å². The van der Waals surface area contributed by atoms with Gasteiger partial charge in [-0.1, -0.05) is 30.3 Å². The summed E-state index contributed by atoms with van der Waals surface area (Å²) in [5.74, 6) is -0.346. The Morgan fingerprint density at radius 3 is 2.68 bits per heavy atom. The van der Waals surface area contributed by atoms with Gasteiger partial charge in [0.15, 0.2) is 0 Å². The van der Waals surface area contributed by atoms with Gasteiger partial charge >= 0.3 is 5.97 Å². The van der Waals surface area contributed by atoms with Gasteiger partial charge in [0.05, 0.1) is 19.1 Å². The van der Waals surface area contributed by atoms with Gasteiger partial charge in [0.1, 0.15) is 0 Å². The van der Waals surface area contributed by atoms with Crippen molar-refractivity contribution in [3.8, 4) is 0 Å². The van der Waals surface area contributed by atoms with Crippen molar-refractivity contribution in [2.75, 3.05) is 26.7 Å². The van der Waals surface area contributed by atoms with Crippen LogP contribution in [-0.2, 0) is 16.1 Å². The van der Waals surface area contributed by atoms with Crippen LogP contribution in [0.25, 0.3) is 0 Å². The van der Waals surface area contributed by atoms with Crippen LogP contribution in [0.3, 0.4) is 0 Å². The molecule has 5 heteroatoms. The second kappa shape index (κ2) is 8.30. The molecule has 25 heavy (non-hydrogen) atoms. The second-order valence-corrected chi connectivity index (χ2v) is 7.46. The van der Waals surface area contributed by atoms with Crippen LogP contribution in [0.15, 0.2) is 30.3 Å². The first-order valence-electron chi connectivity index (χ1n) is 9.36. The molecule has 4 atom stereocenters. The highest BCUT2D eigenvalue weighted by molar-refractivity contribution is 5.72. The molecule has 0 spiro atoms. The summed E-state index contributed by atoms with van der Waals surface area (Å²) in [5.41, 5.74) is 1.34. The number of aliphatic hydroxyl groups excluding tert-OH is 1. The molecule has 1 aromatic carbocycles. The number of rotatable bonds is 4. The van der Waals surface area contributed by atoms with Crippen LogP contribution < -0.4 is 0 Å². The third-order valence-electron chi connectivity index (χ3n) is 5.86. The minimum Gasteiger partial charge on any atom is -0.469 e. The SMILES string of the molecule is COC(=O)[C@H]1C[C@@H](N2CC[C@@H](C)N(Cc3ccccc3)CC2)[C@@H](O)C1. The lowest BCUT2D eigenvalue weighted by Gasteiger charge is -2.30. The third kappa shape index (κ3) is 4.40. The molecular weight excluding hydrogens is 316 g/mol. The zero-order valence-corrected chi connectivity index (χ0v) is 15.3. The third-order valence-corrected chi connectivity index (χ3v) is 5.86. The van der Waals surface area contributed by atoms with Gasteiger partial charge < -0.3 is 9.84 Å². The van der Waals surface area contributed by atoms with Crippen LogP contribution in [0.2, 0.25) is 0 Å². The van der Waals surface area contributed by atoms with Gasteiger partial charge in [-0.2, -0.15) is 0 Å². The van der Waals surface area contributed by atoms with Crippen molar-refractivity contribution in [3.05, 3.63) is 35.9 Å².